The summed E-state index contributed by atoms with van der Waals surface area (Å²) in [4.78, 5) is 37.0. The van der Waals surface area contributed by atoms with Crippen LogP contribution in [0.5, 0.6) is 35.0 Å². The topological polar surface area (TPSA) is 214 Å². The Morgan fingerprint density at radius 1 is 0.660 bits per heavy atom. The maximum atomic E-state index is 11.0. The molecule has 0 aliphatic rings. The predicted molar refractivity (Wildman–Crippen MR) is 186 cm³/mol. The van der Waals surface area contributed by atoms with Crippen molar-refractivity contribution in [3.63, 3.8) is 0 Å². The van der Waals surface area contributed by atoms with Gasteiger partial charge in [0.2, 0.25) is 34.9 Å². The lowest BCUT2D eigenvalue weighted by atomic mass is 9.69. The normalized spacial score (nSPS) is 10.3. The highest BCUT2D eigenvalue weighted by atomic mass is 16.6. The molecule has 2 aromatic carbocycles. The number of benzene rings is 2. The molecule has 0 bridgehead atoms. The molecule has 0 atom stereocenters. The molecule has 0 radical (unpaired) electrons. The van der Waals surface area contributed by atoms with Crippen LogP contribution in [-0.4, -0.2) is 82.8 Å². The molecule has 0 unspecified atom stereocenters. The quantitative estimate of drug-likeness (QED) is 0.0500. The molecule has 53 heavy (non-hydrogen) atoms. The minimum atomic E-state index is -1.73. The fourth-order valence-corrected chi connectivity index (χ4v) is 4.53. The molecule has 2 aromatic heterocycles. The van der Waals surface area contributed by atoms with Crippen LogP contribution in [0.25, 0.3) is 9.69 Å². The molecule has 4 rings (SSSR count). The second kappa shape index (κ2) is 19.4. The predicted octanol–water partition coefficient (Wildman–Crippen LogP) is 2.12. The van der Waals surface area contributed by atoms with Crippen molar-refractivity contribution in [3.8, 4) is 35.0 Å². The smallest absolute Gasteiger partial charge is 0.478 e. The first-order chi connectivity index (χ1) is 25.5. The van der Waals surface area contributed by atoms with Crippen LogP contribution in [0.3, 0.4) is 0 Å². The Balaban J connectivity index is 1.43. The van der Waals surface area contributed by atoms with E-state index in [-0.39, 0.29) is 94.9 Å². The number of esters is 2. The fraction of sp³-hybridized carbons (Fsp3) is 0.235. The van der Waals surface area contributed by atoms with Gasteiger partial charge in [-0.3, -0.25) is 9.59 Å². The number of rotatable bonds is 18. The molecule has 19 heteroatoms. The maximum absolute atomic E-state index is 11.0. The zero-order valence-electron chi connectivity index (χ0n) is 28.4. The van der Waals surface area contributed by atoms with Gasteiger partial charge in [-0.25, -0.2) is 9.69 Å². The summed E-state index contributed by atoms with van der Waals surface area (Å²) >= 11 is 0. The maximum Gasteiger partial charge on any atom is 0.478 e. The molecule has 0 aliphatic carbocycles. The summed E-state index contributed by atoms with van der Waals surface area (Å²) in [6, 6.07) is 14.3. The number of aliphatic hydroxyl groups excluding tert-OH is 2. The van der Waals surface area contributed by atoms with Gasteiger partial charge < -0.3 is 53.3 Å². The van der Waals surface area contributed by atoms with Crippen LogP contribution in [-0.2, 0) is 36.8 Å². The van der Waals surface area contributed by atoms with E-state index in [0.717, 1.165) is 0 Å². The van der Waals surface area contributed by atoms with Crippen molar-refractivity contribution < 1.29 is 62.8 Å². The molecule has 2 heterocycles. The molecule has 0 amide bonds. The van der Waals surface area contributed by atoms with Gasteiger partial charge in [0.15, 0.2) is 0 Å². The van der Waals surface area contributed by atoms with E-state index in [4.69, 9.17) is 46.1 Å². The van der Waals surface area contributed by atoms with E-state index in [1.54, 1.807) is 0 Å². The lowest BCUT2D eigenvalue weighted by molar-refractivity contribution is -0.142. The second-order valence-electron chi connectivity index (χ2n) is 10.6. The van der Waals surface area contributed by atoms with E-state index in [1.807, 2.05) is 0 Å². The van der Waals surface area contributed by atoms with Crippen LogP contribution in [0.2, 0.25) is 0 Å². The van der Waals surface area contributed by atoms with Crippen molar-refractivity contribution in [1.29, 1.82) is 0 Å². The first kappa shape index (κ1) is 39.6. The fourth-order valence-electron chi connectivity index (χ4n) is 4.53. The summed E-state index contributed by atoms with van der Waals surface area (Å²) in [6.45, 7) is 15.9. The van der Waals surface area contributed by atoms with Crippen LogP contribution >= 0.6 is 0 Å². The Hall–Kier alpha value is -6.21. The Labute approximate surface area is 304 Å². The van der Waals surface area contributed by atoms with Crippen molar-refractivity contribution in [3.05, 3.63) is 94.6 Å². The van der Waals surface area contributed by atoms with Gasteiger partial charge in [-0.2, -0.15) is 9.97 Å². The lowest BCUT2D eigenvalue weighted by Crippen LogP contribution is -2.47. The van der Waals surface area contributed by atoms with Crippen LogP contribution in [0, 0.1) is 13.1 Å². The van der Waals surface area contributed by atoms with Crippen molar-refractivity contribution in [2.75, 3.05) is 26.4 Å². The van der Waals surface area contributed by atoms with Gasteiger partial charge in [-0.05, 0) is 70.6 Å². The van der Waals surface area contributed by atoms with Crippen LogP contribution < -0.4 is 29.9 Å². The Kier molecular flexibility index (Phi) is 14.5. The molecule has 0 spiro atoms. The van der Waals surface area contributed by atoms with E-state index in [1.165, 1.54) is 74.5 Å². The average molecular weight is 726 g/mol. The molecule has 17 nitrogen and oxygen atoms in total. The summed E-state index contributed by atoms with van der Waals surface area (Å²) < 4.78 is 37.6. The second-order valence-corrected chi connectivity index (χ2v) is 10.6. The molecule has 0 saturated carbocycles. The Morgan fingerprint density at radius 3 is 1.43 bits per heavy atom. The highest BCUT2D eigenvalue weighted by Gasteiger charge is 2.30. The van der Waals surface area contributed by atoms with E-state index in [9.17, 15) is 29.9 Å². The first-order valence-corrected chi connectivity index (χ1v) is 15.7. The molecule has 4 N–H and O–H groups in total. The number of carbonyl (C=O) groups is 2. The zero-order valence-corrected chi connectivity index (χ0v) is 28.4. The molecular formula is C34H32B2N4O13. The summed E-state index contributed by atoms with van der Waals surface area (Å²) in [5, 5.41) is 41.9. The number of pyridine rings is 2. The van der Waals surface area contributed by atoms with Gasteiger partial charge in [0.05, 0.1) is 26.4 Å². The SMILES string of the molecule is [C-]#[N+]c1ccc(Oc2ccc(B(O)OB(O)c3ccc(Oc4ccc([N+]#[C-])c(OCCOC(C)=O)n4)cc3CO)c(CO)c2)nc1OCCOC(C)=O. The van der Waals surface area contributed by atoms with E-state index >= 15 is 0 Å². The highest BCUT2D eigenvalue weighted by Crippen LogP contribution is 2.31. The van der Waals surface area contributed by atoms with E-state index < -0.39 is 39.4 Å². The highest BCUT2D eigenvalue weighted by molar-refractivity contribution is 6.73. The van der Waals surface area contributed by atoms with E-state index in [2.05, 4.69) is 19.7 Å². The molecular weight excluding hydrogens is 694 g/mol. The van der Waals surface area contributed by atoms with Gasteiger partial charge in [-0.1, -0.05) is 12.1 Å². The third-order valence-electron chi connectivity index (χ3n) is 6.93. The average Bonchev–Trinajstić information content (AvgIpc) is 3.14. The van der Waals surface area contributed by atoms with Crippen molar-refractivity contribution in [2.45, 2.75) is 27.1 Å². The summed E-state index contributed by atoms with van der Waals surface area (Å²) in [7, 11) is -3.47. The number of aromatic nitrogens is 2. The monoisotopic (exact) mass is 726 g/mol. The van der Waals surface area contributed by atoms with Crippen molar-refractivity contribution in [2.24, 2.45) is 0 Å². The molecule has 0 fully saturated rings. The number of aliphatic hydroxyl groups is 2. The van der Waals surface area contributed by atoms with Crippen LogP contribution in [0.15, 0.2) is 60.7 Å². The first-order valence-electron chi connectivity index (χ1n) is 15.7. The van der Waals surface area contributed by atoms with Crippen LogP contribution in [0.4, 0.5) is 11.4 Å². The number of hydrogen-bond acceptors (Lipinski definition) is 15. The third kappa shape index (κ3) is 11.4. The molecule has 4 aromatic rings. The van der Waals surface area contributed by atoms with Gasteiger partial charge in [0, 0.05) is 13.8 Å². The summed E-state index contributed by atoms with van der Waals surface area (Å²) in [5.41, 5.74) is 0.808. The molecule has 272 valence electrons. The molecule has 0 saturated heterocycles. The Morgan fingerprint density at radius 2 is 1.08 bits per heavy atom. The third-order valence-corrected chi connectivity index (χ3v) is 6.93. The number of hydrogen-bond donors (Lipinski definition) is 4. The lowest BCUT2D eigenvalue weighted by Gasteiger charge is -2.18. The van der Waals surface area contributed by atoms with Crippen molar-refractivity contribution >= 4 is 48.5 Å². The van der Waals surface area contributed by atoms with Gasteiger partial charge >= 0.3 is 26.2 Å². The molecule has 0 aliphatic heterocycles. The van der Waals surface area contributed by atoms with E-state index in [0.29, 0.717) is 0 Å². The largest absolute Gasteiger partial charge is 0.483 e. The number of nitrogens with zero attached hydrogens (tertiary/aromatic N) is 4. The minimum Gasteiger partial charge on any atom is -0.483 e. The minimum absolute atomic E-state index is 0.0384. The van der Waals surface area contributed by atoms with Gasteiger partial charge in [0.1, 0.15) is 37.9 Å². The number of carbonyl (C=O) groups excluding carboxylic acids is 2. The number of ether oxygens (including phenoxy) is 6. The standard InChI is InChI=1S/C34H32B2N4O13/c1-21(43)47-13-15-49-33-29(37-3)9-11-31(39-33)51-25-5-7-27(23(17-25)19-41)35(45)53-36(46)28-8-6-26(18-24(28)20-42)52-32-12-10-30(38-4)34(40-32)50-16-14-48-22(2)44/h5-12,17-18,41-42,45-46H,13-16,19-20H2,1-2H3. The van der Waals surface area contributed by atoms with Gasteiger partial charge in [-0.15, -0.1) is 0 Å². The van der Waals surface area contributed by atoms with Gasteiger partial charge in [0.25, 0.3) is 0 Å². The summed E-state index contributed by atoms with van der Waals surface area (Å²) in [5.74, 6) is -0.529. The van der Waals surface area contributed by atoms with Crippen molar-refractivity contribution in [1.82, 2.24) is 9.97 Å². The van der Waals surface area contributed by atoms with Crippen LogP contribution in [0.1, 0.15) is 25.0 Å². The Bertz CT molecular complexity index is 1860. The summed E-state index contributed by atoms with van der Waals surface area (Å²) in [6.07, 6.45) is 0. The zero-order chi connectivity index (χ0) is 38.3.